The molecule has 142 valence electrons. The van der Waals surface area contributed by atoms with Gasteiger partial charge in [-0.25, -0.2) is 0 Å². The summed E-state index contributed by atoms with van der Waals surface area (Å²) >= 11 is 0. The Kier molecular flexibility index (Phi) is 7.49. The molecule has 0 bridgehead atoms. The average molecular weight is 347 g/mol. The van der Waals surface area contributed by atoms with Crippen LogP contribution in [0.15, 0.2) is 0 Å². The summed E-state index contributed by atoms with van der Waals surface area (Å²) in [6.45, 7) is 4.24. The van der Waals surface area contributed by atoms with Crippen LogP contribution in [0, 0.1) is 23.2 Å². The van der Waals surface area contributed by atoms with Crippen molar-refractivity contribution >= 4 is 0 Å². The molecule has 0 unspecified atom stereocenters. The monoisotopic (exact) mass is 346 g/mol. The standard InChI is InChI=1S/C21H37F3/c1-3-5-7-17-8-10-18(11-9-17)19-12-15-20(16-13-19,14-6-4-2)21(22,23)24/h17-19H,3-16H2,1-2H3. The SMILES string of the molecule is CCCCC1CCC(C2CCC(CCCC)(C(F)(F)F)CC2)CC1. The first-order valence-electron chi connectivity index (χ1n) is 10.5. The highest BCUT2D eigenvalue weighted by Crippen LogP contribution is 2.55. The Balaban J connectivity index is 1.83. The average Bonchev–Trinajstić information content (AvgIpc) is 2.58. The first kappa shape index (κ1) is 20.1. The first-order chi connectivity index (χ1) is 11.4. The molecule has 0 aromatic rings. The van der Waals surface area contributed by atoms with Gasteiger partial charge in [0.25, 0.3) is 0 Å². The van der Waals surface area contributed by atoms with E-state index in [0.29, 0.717) is 37.5 Å². The lowest BCUT2D eigenvalue weighted by Gasteiger charge is -2.44. The van der Waals surface area contributed by atoms with Crippen molar-refractivity contribution in [1.82, 2.24) is 0 Å². The minimum atomic E-state index is -4.01. The zero-order valence-corrected chi connectivity index (χ0v) is 15.8. The van der Waals surface area contributed by atoms with E-state index in [0.717, 1.165) is 25.2 Å². The largest absolute Gasteiger partial charge is 0.394 e. The summed E-state index contributed by atoms with van der Waals surface area (Å²) < 4.78 is 41.0. The lowest BCUT2D eigenvalue weighted by molar-refractivity contribution is -0.241. The fraction of sp³-hybridized carbons (Fsp3) is 1.00. The molecule has 0 atom stereocenters. The van der Waals surface area contributed by atoms with Crippen LogP contribution in [0.25, 0.3) is 0 Å². The molecule has 2 aliphatic carbocycles. The molecule has 2 fully saturated rings. The molecule has 2 saturated carbocycles. The second-order valence-electron chi connectivity index (χ2n) is 8.64. The summed E-state index contributed by atoms with van der Waals surface area (Å²) in [6.07, 6.45) is 9.48. The van der Waals surface area contributed by atoms with Gasteiger partial charge in [-0.2, -0.15) is 13.2 Å². The van der Waals surface area contributed by atoms with Gasteiger partial charge in [0.05, 0.1) is 5.41 Å². The maximum Gasteiger partial charge on any atom is 0.394 e. The van der Waals surface area contributed by atoms with E-state index >= 15 is 0 Å². The van der Waals surface area contributed by atoms with Crippen LogP contribution in [0.2, 0.25) is 0 Å². The number of hydrogen-bond acceptors (Lipinski definition) is 0. The minimum Gasteiger partial charge on any atom is -0.171 e. The van der Waals surface area contributed by atoms with Crippen LogP contribution >= 0.6 is 0 Å². The van der Waals surface area contributed by atoms with Crippen LogP contribution in [-0.4, -0.2) is 6.18 Å². The molecule has 0 spiro atoms. The van der Waals surface area contributed by atoms with Crippen LogP contribution in [0.3, 0.4) is 0 Å². The van der Waals surface area contributed by atoms with E-state index in [-0.39, 0.29) is 0 Å². The second kappa shape index (κ2) is 8.94. The molecule has 0 heterocycles. The van der Waals surface area contributed by atoms with Gasteiger partial charge in [0.15, 0.2) is 0 Å². The fourth-order valence-electron chi connectivity index (χ4n) is 5.30. The summed E-state index contributed by atoms with van der Waals surface area (Å²) in [5, 5.41) is 0. The van der Waals surface area contributed by atoms with Crippen molar-refractivity contribution in [3.05, 3.63) is 0 Å². The number of unbranched alkanes of at least 4 members (excludes halogenated alkanes) is 2. The quantitative estimate of drug-likeness (QED) is 0.439. The summed E-state index contributed by atoms with van der Waals surface area (Å²) in [5.41, 5.74) is -1.36. The summed E-state index contributed by atoms with van der Waals surface area (Å²) in [7, 11) is 0. The highest BCUT2D eigenvalue weighted by molar-refractivity contribution is 4.93. The van der Waals surface area contributed by atoms with E-state index in [4.69, 9.17) is 0 Å². The van der Waals surface area contributed by atoms with Gasteiger partial charge in [-0.3, -0.25) is 0 Å². The van der Waals surface area contributed by atoms with Crippen molar-refractivity contribution in [2.24, 2.45) is 23.2 Å². The maximum atomic E-state index is 13.7. The Morgan fingerprint density at radius 2 is 1.33 bits per heavy atom. The van der Waals surface area contributed by atoms with Gasteiger partial charge < -0.3 is 0 Å². The summed E-state index contributed by atoms with van der Waals surface area (Å²) in [4.78, 5) is 0. The predicted octanol–water partition coefficient (Wildman–Crippen LogP) is 7.91. The first-order valence-corrected chi connectivity index (χ1v) is 10.5. The number of alkyl halides is 3. The normalized spacial score (nSPS) is 35.1. The Bertz CT molecular complexity index is 345. The molecule has 2 aliphatic rings. The number of halogens is 3. The van der Waals surface area contributed by atoms with Crippen molar-refractivity contribution in [1.29, 1.82) is 0 Å². The molecular formula is C21H37F3. The second-order valence-corrected chi connectivity index (χ2v) is 8.64. The molecule has 0 N–H and O–H groups in total. The third kappa shape index (κ3) is 4.91. The Morgan fingerprint density at radius 3 is 1.83 bits per heavy atom. The van der Waals surface area contributed by atoms with E-state index in [9.17, 15) is 13.2 Å². The van der Waals surface area contributed by atoms with E-state index in [1.807, 2.05) is 6.92 Å². The van der Waals surface area contributed by atoms with Crippen LogP contribution < -0.4 is 0 Å². The molecular weight excluding hydrogens is 309 g/mol. The highest BCUT2D eigenvalue weighted by atomic mass is 19.4. The lowest BCUT2D eigenvalue weighted by Crippen LogP contribution is -2.42. The van der Waals surface area contributed by atoms with E-state index < -0.39 is 11.6 Å². The smallest absolute Gasteiger partial charge is 0.171 e. The summed E-state index contributed by atoms with van der Waals surface area (Å²) in [6, 6.07) is 0. The van der Waals surface area contributed by atoms with Crippen LogP contribution in [0.4, 0.5) is 13.2 Å². The van der Waals surface area contributed by atoms with Crippen molar-refractivity contribution in [2.45, 2.75) is 110 Å². The molecule has 0 aliphatic heterocycles. The molecule has 0 nitrogen and oxygen atoms in total. The predicted molar refractivity (Wildman–Crippen MR) is 94.9 cm³/mol. The van der Waals surface area contributed by atoms with Gasteiger partial charge in [-0.1, -0.05) is 58.8 Å². The third-order valence-electron chi connectivity index (χ3n) is 7.12. The summed E-state index contributed by atoms with van der Waals surface area (Å²) in [5.74, 6) is 2.16. The zero-order chi connectivity index (χ0) is 17.6. The van der Waals surface area contributed by atoms with Crippen molar-refractivity contribution in [3.63, 3.8) is 0 Å². The molecule has 0 aromatic carbocycles. The molecule has 0 saturated heterocycles. The van der Waals surface area contributed by atoms with Gasteiger partial charge >= 0.3 is 6.18 Å². The molecule has 0 radical (unpaired) electrons. The van der Waals surface area contributed by atoms with Crippen LogP contribution in [0.5, 0.6) is 0 Å². The van der Waals surface area contributed by atoms with Gasteiger partial charge in [0.2, 0.25) is 0 Å². The molecule has 3 heteroatoms. The Hall–Kier alpha value is -0.210. The van der Waals surface area contributed by atoms with Gasteiger partial charge in [-0.05, 0) is 62.7 Å². The molecule has 24 heavy (non-hydrogen) atoms. The van der Waals surface area contributed by atoms with E-state index in [1.54, 1.807) is 0 Å². The Labute approximate surface area is 147 Å². The zero-order valence-electron chi connectivity index (χ0n) is 15.8. The van der Waals surface area contributed by atoms with Crippen LogP contribution in [-0.2, 0) is 0 Å². The molecule has 0 aromatic heterocycles. The van der Waals surface area contributed by atoms with Crippen molar-refractivity contribution < 1.29 is 13.2 Å². The number of hydrogen-bond donors (Lipinski definition) is 0. The van der Waals surface area contributed by atoms with Gasteiger partial charge in [0.1, 0.15) is 0 Å². The van der Waals surface area contributed by atoms with E-state index in [2.05, 4.69) is 6.92 Å². The minimum absolute atomic E-state index is 0.351. The topological polar surface area (TPSA) is 0 Å². The highest BCUT2D eigenvalue weighted by Gasteiger charge is 2.55. The van der Waals surface area contributed by atoms with Crippen molar-refractivity contribution in [3.8, 4) is 0 Å². The fourth-order valence-corrected chi connectivity index (χ4v) is 5.30. The lowest BCUT2D eigenvalue weighted by atomic mass is 9.62. The third-order valence-corrected chi connectivity index (χ3v) is 7.12. The maximum absolute atomic E-state index is 13.7. The van der Waals surface area contributed by atoms with Gasteiger partial charge in [0, 0.05) is 0 Å². The van der Waals surface area contributed by atoms with Crippen molar-refractivity contribution in [2.75, 3.05) is 0 Å². The molecule has 2 rings (SSSR count). The number of rotatable bonds is 7. The molecule has 0 amide bonds. The Morgan fingerprint density at radius 1 is 0.792 bits per heavy atom. The van der Waals surface area contributed by atoms with Gasteiger partial charge in [-0.15, -0.1) is 0 Å². The van der Waals surface area contributed by atoms with Crippen LogP contribution in [0.1, 0.15) is 104 Å². The van der Waals surface area contributed by atoms with E-state index in [1.165, 1.54) is 44.9 Å².